The number of rotatable bonds is 6. The van der Waals surface area contributed by atoms with E-state index in [1.807, 2.05) is 42.5 Å². The Morgan fingerprint density at radius 3 is 2.60 bits per heavy atom. The van der Waals surface area contributed by atoms with Gasteiger partial charge in [-0.2, -0.15) is 0 Å². The number of carbonyl (C=O) groups excluding carboxylic acids is 1. The molecule has 0 unspecified atom stereocenters. The number of benzene rings is 1. The Bertz CT molecular complexity index is 529. The molecule has 0 aliphatic rings. The average Bonchev–Trinajstić information content (AvgIpc) is 2.52. The molecule has 0 bridgehead atoms. The maximum absolute atomic E-state index is 11.8. The van der Waals surface area contributed by atoms with E-state index in [-0.39, 0.29) is 5.91 Å². The topological polar surface area (TPSA) is 62.2 Å². The van der Waals surface area contributed by atoms with Crippen molar-refractivity contribution >= 4 is 5.91 Å². The van der Waals surface area contributed by atoms with E-state index in [4.69, 9.17) is 0 Å². The molecule has 0 fully saturated rings. The van der Waals surface area contributed by atoms with Gasteiger partial charge < -0.3 is 10.4 Å². The molecule has 2 aromatic rings. The van der Waals surface area contributed by atoms with Gasteiger partial charge in [0.2, 0.25) is 5.91 Å². The van der Waals surface area contributed by atoms with Crippen LogP contribution in [0.25, 0.3) is 0 Å². The fourth-order valence-corrected chi connectivity index (χ4v) is 1.89. The maximum atomic E-state index is 11.8. The summed E-state index contributed by atoms with van der Waals surface area (Å²) in [5, 5.41) is 12.5. The van der Waals surface area contributed by atoms with Gasteiger partial charge in [-0.05, 0) is 30.0 Å². The van der Waals surface area contributed by atoms with E-state index in [1.54, 1.807) is 12.4 Å². The highest BCUT2D eigenvalue weighted by Crippen LogP contribution is 2.05. The summed E-state index contributed by atoms with van der Waals surface area (Å²) in [4.78, 5) is 15.7. The summed E-state index contributed by atoms with van der Waals surface area (Å²) in [7, 11) is 0. The highest BCUT2D eigenvalue weighted by Gasteiger charge is 2.14. The summed E-state index contributed by atoms with van der Waals surface area (Å²) >= 11 is 0. The Morgan fingerprint density at radius 2 is 1.90 bits per heavy atom. The second kappa shape index (κ2) is 7.40. The van der Waals surface area contributed by atoms with Crippen molar-refractivity contribution in [2.24, 2.45) is 0 Å². The molecule has 104 valence electrons. The first-order valence-corrected chi connectivity index (χ1v) is 6.64. The van der Waals surface area contributed by atoms with Crippen molar-refractivity contribution in [1.29, 1.82) is 0 Å². The Hall–Kier alpha value is -2.20. The van der Waals surface area contributed by atoms with Crippen molar-refractivity contribution < 1.29 is 9.90 Å². The van der Waals surface area contributed by atoms with E-state index in [1.165, 1.54) is 0 Å². The molecule has 2 rings (SSSR count). The van der Waals surface area contributed by atoms with E-state index in [0.29, 0.717) is 19.4 Å². The second-order valence-corrected chi connectivity index (χ2v) is 4.62. The number of aliphatic hydroxyl groups excluding tert-OH is 1. The molecule has 1 atom stereocenters. The first-order valence-electron chi connectivity index (χ1n) is 6.64. The van der Waals surface area contributed by atoms with Gasteiger partial charge in [0.15, 0.2) is 0 Å². The molecule has 4 heteroatoms. The summed E-state index contributed by atoms with van der Waals surface area (Å²) in [6.45, 7) is 0.384. The van der Waals surface area contributed by atoms with E-state index in [0.717, 1.165) is 11.1 Å². The van der Waals surface area contributed by atoms with Crippen LogP contribution >= 0.6 is 0 Å². The van der Waals surface area contributed by atoms with Gasteiger partial charge in [-0.1, -0.05) is 36.4 Å². The number of nitrogens with one attached hydrogen (secondary N) is 1. The Kier molecular flexibility index (Phi) is 5.26. The summed E-state index contributed by atoms with van der Waals surface area (Å²) < 4.78 is 0. The molecule has 1 amide bonds. The van der Waals surface area contributed by atoms with Gasteiger partial charge >= 0.3 is 0 Å². The van der Waals surface area contributed by atoms with Crippen LogP contribution in [-0.2, 0) is 17.8 Å². The lowest BCUT2D eigenvalue weighted by Crippen LogP contribution is -2.34. The molecule has 0 aliphatic carbocycles. The van der Waals surface area contributed by atoms with Crippen molar-refractivity contribution in [3.05, 3.63) is 66.0 Å². The highest BCUT2D eigenvalue weighted by atomic mass is 16.3. The predicted octanol–water partition coefficient (Wildman–Crippen LogP) is 1.69. The van der Waals surface area contributed by atoms with Crippen molar-refractivity contribution in [2.75, 3.05) is 0 Å². The van der Waals surface area contributed by atoms with Crippen LogP contribution in [-0.4, -0.2) is 22.1 Å². The fourth-order valence-electron chi connectivity index (χ4n) is 1.89. The molecule has 0 saturated carbocycles. The normalized spacial score (nSPS) is 11.8. The van der Waals surface area contributed by atoms with Crippen LogP contribution in [0, 0.1) is 0 Å². The highest BCUT2D eigenvalue weighted by molar-refractivity contribution is 5.80. The number of hydrogen-bond donors (Lipinski definition) is 2. The Balaban J connectivity index is 1.75. The lowest BCUT2D eigenvalue weighted by molar-refractivity contribution is -0.129. The molecule has 1 aromatic carbocycles. The van der Waals surface area contributed by atoms with Crippen LogP contribution in [0.3, 0.4) is 0 Å². The quantitative estimate of drug-likeness (QED) is 0.839. The summed E-state index contributed by atoms with van der Waals surface area (Å²) in [6, 6.07) is 13.5. The van der Waals surface area contributed by atoms with Crippen LogP contribution in [0.15, 0.2) is 54.9 Å². The van der Waals surface area contributed by atoms with Gasteiger partial charge in [0.1, 0.15) is 6.10 Å². The zero-order valence-corrected chi connectivity index (χ0v) is 11.2. The first-order chi connectivity index (χ1) is 9.75. The molecule has 0 radical (unpaired) electrons. The van der Waals surface area contributed by atoms with Crippen LogP contribution in [0.2, 0.25) is 0 Å². The minimum absolute atomic E-state index is 0.343. The minimum Gasteiger partial charge on any atom is -0.383 e. The standard InChI is InChI=1S/C16H18N2O2/c19-15(9-8-13-5-2-1-3-6-13)16(20)18-12-14-7-4-10-17-11-14/h1-7,10-11,15,19H,8-9,12H2,(H,18,20)/t15-/m0/s1. The average molecular weight is 270 g/mol. The third kappa shape index (κ3) is 4.48. The molecule has 0 saturated heterocycles. The zero-order valence-electron chi connectivity index (χ0n) is 11.2. The molecule has 20 heavy (non-hydrogen) atoms. The molecule has 2 N–H and O–H groups in total. The third-order valence-corrected chi connectivity index (χ3v) is 3.04. The number of aryl methyl sites for hydroxylation is 1. The Labute approximate surface area is 118 Å². The maximum Gasteiger partial charge on any atom is 0.249 e. The first kappa shape index (κ1) is 14.2. The van der Waals surface area contributed by atoms with Crippen molar-refractivity contribution in [1.82, 2.24) is 10.3 Å². The van der Waals surface area contributed by atoms with Gasteiger partial charge in [0.25, 0.3) is 0 Å². The molecule has 0 aliphatic heterocycles. The number of amides is 1. The van der Waals surface area contributed by atoms with E-state index < -0.39 is 6.10 Å². The summed E-state index contributed by atoms with van der Waals surface area (Å²) in [5.74, 6) is -0.343. The van der Waals surface area contributed by atoms with Gasteiger partial charge in [-0.15, -0.1) is 0 Å². The smallest absolute Gasteiger partial charge is 0.249 e. The number of pyridine rings is 1. The molecule has 0 spiro atoms. The number of aliphatic hydroxyl groups is 1. The van der Waals surface area contributed by atoms with Crippen LogP contribution in [0.1, 0.15) is 17.5 Å². The van der Waals surface area contributed by atoms with Gasteiger partial charge in [0, 0.05) is 18.9 Å². The van der Waals surface area contributed by atoms with Crippen molar-refractivity contribution in [3.8, 4) is 0 Å². The Morgan fingerprint density at radius 1 is 1.15 bits per heavy atom. The predicted molar refractivity (Wildman–Crippen MR) is 76.9 cm³/mol. The van der Waals surface area contributed by atoms with Crippen molar-refractivity contribution in [2.45, 2.75) is 25.5 Å². The monoisotopic (exact) mass is 270 g/mol. The van der Waals surface area contributed by atoms with Crippen LogP contribution in [0.5, 0.6) is 0 Å². The molecule has 1 heterocycles. The van der Waals surface area contributed by atoms with E-state index in [9.17, 15) is 9.90 Å². The number of nitrogens with zero attached hydrogens (tertiary/aromatic N) is 1. The summed E-state index contributed by atoms with van der Waals surface area (Å²) in [5.41, 5.74) is 2.03. The largest absolute Gasteiger partial charge is 0.383 e. The number of carbonyl (C=O) groups is 1. The molecular weight excluding hydrogens is 252 g/mol. The molecule has 4 nitrogen and oxygen atoms in total. The number of hydrogen-bond acceptors (Lipinski definition) is 3. The lowest BCUT2D eigenvalue weighted by Gasteiger charge is -2.11. The van der Waals surface area contributed by atoms with Gasteiger partial charge in [0.05, 0.1) is 0 Å². The lowest BCUT2D eigenvalue weighted by atomic mass is 10.1. The molecular formula is C16H18N2O2. The van der Waals surface area contributed by atoms with Gasteiger partial charge in [-0.25, -0.2) is 0 Å². The fraction of sp³-hybridized carbons (Fsp3) is 0.250. The van der Waals surface area contributed by atoms with E-state index >= 15 is 0 Å². The van der Waals surface area contributed by atoms with Crippen LogP contribution in [0.4, 0.5) is 0 Å². The van der Waals surface area contributed by atoms with Crippen LogP contribution < -0.4 is 5.32 Å². The SMILES string of the molecule is O=C(NCc1cccnc1)[C@@H](O)CCc1ccccc1. The van der Waals surface area contributed by atoms with Crippen molar-refractivity contribution in [3.63, 3.8) is 0 Å². The minimum atomic E-state index is -0.980. The van der Waals surface area contributed by atoms with Gasteiger partial charge in [-0.3, -0.25) is 9.78 Å². The number of aromatic nitrogens is 1. The molecule has 1 aromatic heterocycles. The second-order valence-electron chi connectivity index (χ2n) is 4.62. The zero-order chi connectivity index (χ0) is 14.2. The summed E-state index contributed by atoms with van der Waals surface area (Å²) in [6.07, 6.45) is 3.49. The van der Waals surface area contributed by atoms with E-state index in [2.05, 4.69) is 10.3 Å². The third-order valence-electron chi connectivity index (χ3n) is 3.04.